The summed E-state index contributed by atoms with van der Waals surface area (Å²) in [6, 6.07) is 10.5. The van der Waals surface area contributed by atoms with Crippen LogP contribution in [0.25, 0.3) is 0 Å². The second-order valence-electron chi connectivity index (χ2n) is 3.98. The molecule has 0 aliphatic carbocycles. The largest absolute Gasteiger partial charge is 0.381 e. The third-order valence-corrected chi connectivity index (χ3v) is 2.84. The molecule has 1 heterocycles. The molecular weight excluding hydrogens is 174 g/mol. The van der Waals surface area contributed by atoms with Gasteiger partial charge in [0.05, 0.1) is 0 Å². The molecular formula is C12H17NO. The van der Waals surface area contributed by atoms with Crippen LogP contribution < -0.4 is 5.73 Å². The zero-order valence-electron chi connectivity index (χ0n) is 8.36. The molecule has 1 fully saturated rings. The first kappa shape index (κ1) is 9.69. The van der Waals surface area contributed by atoms with E-state index in [1.54, 1.807) is 0 Å². The van der Waals surface area contributed by atoms with Crippen molar-refractivity contribution < 1.29 is 4.74 Å². The second-order valence-corrected chi connectivity index (χ2v) is 3.98. The average Bonchev–Trinajstić information content (AvgIpc) is 2.72. The van der Waals surface area contributed by atoms with E-state index in [9.17, 15) is 0 Å². The van der Waals surface area contributed by atoms with Gasteiger partial charge >= 0.3 is 0 Å². The number of benzene rings is 1. The zero-order chi connectivity index (χ0) is 9.80. The molecule has 0 aromatic heterocycles. The quantitative estimate of drug-likeness (QED) is 0.794. The molecule has 2 N–H and O–H groups in total. The van der Waals surface area contributed by atoms with Gasteiger partial charge < -0.3 is 10.5 Å². The maximum atomic E-state index is 6.12. The van der Waals surface area contributed by atoms with Crippen molar-refractivity contribution >= 4 is 0 Å². The van der Waals surface area contributed by atoms with E-state index in [-0.39, 0.29) is 6.04 Å². The van der Waals surface area contributed by atoms with Crippen LogP contribution in [-0.4, -0.2) is 13.2 Å². The van der Waals surface area contributed by atoms with Crippen molar-refractivity contribution in [2.24, 2.45) is 11.7 Å². The highest BCUT2D eigenvalue weighted by Crippen LogP contribution is 2.24. The first-order valence-corrected chi connectivity index (χ1v) is 5.24. The summed E-state index contributed by atoms with van der Waals surface area (Å²) in [6.07, 6.45) is 2.21. The van der Waals surface area contributed by atoms with Gasteiger partial charge in [0.1, 0.15) is 0 Å². The number of nitrogens with two attached hydrogens (primary N) is 1. The van der Waals surface area contributed by atoms with Gasteiger partial charge in [-0.05, 0) is 24.3 Å². The molecule has 0 saturated carbocycles. The first-order valence-electron chi connectivity index (χ1n) is 5.24. The van der Waals surface area contributed by atoms with Crippen LogP contribution in [0, 0.1) is 5.92 Å². The summed E-state index contributed by atoms with van der Waals surface area (Å²) >= 11 is 0. The Morgan fingerprint density at radius 1 is 1.36 bits per heavy atom. The SMILES string of the molecule is N[C@@H](C[C@@H]1CCOC1)c1ccccc1. The number of hydrogen-bond acceptors (Lipinski definition) is 2. The fourth-order valence-electron chi connectivity index (χ4n) is 1.96. The van der Waals surface area contributed by atoms with Gasteiger partial charge in [0.15, 0.2) is 0 Å². The Labute approximate surface area is 85.1 Å². The Kier molecular flexibility index (Phi) is 3.17. The zero-order valence-corrected chi connectivity index (χ0v) is 8.36. The maximum Gasteiger partial charge on any atom is 0.0495 e. The smallest absolute Gasteiger partial charge is 0.0495 e. The lowest BCUT2D eigenvalue weighted by molar-refractivity contribution is 0.182. The molecule has 0 amide bonds. The monoisotopic (exact) mass is 191 g/mol. The highest BCUT2D eigenvalue weighted by Gasteiger charge is 2.19. The minimum atomic E-state index is 0.169. The molecule has 1 aromatic carbocycles. The van der Waals surface area contributed by atoms with Crippen LogP contribution in [0.1, 0.15) is 24.4 Å². The van der Waals surface area contributed by atoms with E-state index >= 15 is 0 Å². The molecule has 1 aliphatic rings. The first-order chi connectivity index (χ1) is 6.86. The molecule has 1 saturated heterocycles. The summed E-state index contributed by atoms with van der Waals surface area (Å²) in [5.74, 6) is 0.658. The standard InChI is InChI=1S/C12H17NO/c13-12(8-10-6-7-14-9-10)11-4-2-1-3-5-11/h1-5,10,12H,6-9,13H2/t10-,12-/m0/s1. The van der Waals surface area contributed by atoms with Crippen molar-refractivity contribution in [1.82, 2.24) is 0 Å². The van der Waals surface area contributed by atoms with Crippen LogP contribution in [0.3, 0.4) is 0 Å². The van der Waals surface area contributed by atoms with Gasteiger partial charge in [0.2, 0.25) is 0 Å². The van der Waals surface area contributed by atoms with Crippen LogP contribution in [-0.2, 0) is 4.74 Å². The number of ether oxygens (including phenoxy) is 1. The molecule has 2 rings (SSSR count). The highest BCUT2D eigenvalue weighted by molar-refractivity contribution is 5.18. The Hall–Kier alpha value is -0.860. The van der Waals surface area contributed by atoms with E-state index in [1.807, 2.05) is 18.2 Å². The summed E-state index contributed by atoms with van der Waals surface area (Å²) in [4.78, 5) is 0. The van der Waals surface area contributed by atoms with Crippen LogP contribution in [0.4, 0.5) is 0 Å². The molecule has 1 aromatic rings. The van der Waals surface area contributed by atoms with E-state index in [0.29, 0.717) is 5.92 Å². The fourth-order valence-corrected chi connectivity index (χ4v) is 1.96. The average molecular weight is 191 g/mol. The number of rotatable bonds is 3. The van der Waals surface area contributed by atoms with Gasteiger partial charge in [-0.1, -0.05) is 30.3 Å². The second kappa shape index (κ2) is 4.58. The normalized spacial score (nSPS) is 23.6. The molecule has 1 aliphatic heterocycles. The van der Waals surface area contributed by atoms with Gasteiger partial charge in [0.25, 0.3) is 0 Å². The molecule has 0 spiro atoms. The lowest BCUT2D eigenvalue weighted by Crippen LogP contribution is -2.15. The van der Waals surface area contributed by atoms with Crippen LogP contribution >= 0.6 is 0 Å². The van der Waals surface area contributed by atoms with E-state index < -0.39 is 0 Å². The van der Waals surface area contributed by atoms with Crippen molar-refractivity contribution in [2.75, 3.05) is 13.2 Å². The molecule has 0 bridgehead atoms. The number of hydrogen-bond donors (Lipinski definition) is 1. The minimum absolute atomic E-state index is 0.169. The van der Waals surface area contributed by atoms with E-state index in [0.717, 1.165) is 19.6 Å². The van der Waals surface area contributed by atoms with E-state index in [4.69, 9.17) is 10.5 Å². The Morgan fingerprint density at radius 3 is 2.79 bits per heavy atom. The predicted molar refractivity (Wildman–Crippen MR) is 56.9 cm³/mol. The van der Waals surface area contributed by atoms with Gasteiger partial charge in [-0.25, -0.2) is 0 Å². The molecule has 2 atom stereocenters. The third kappa shape index (κ3) is 2.34. The summed E-state index contributed by atoms with van der Waals surface area (Å²) in [6.45, 7) is 1.80. The van der Waals surface area contributed by atoms with Crippen molar-refractivity contribution in [2.45, 2.75) is 18.9 Å². The van der Waals surface area contributed by atoms with Gasteiger partial charge in [-0.2, -0.15) is 0 Å². The molecule has 2 heteroatoms. The van der Waals surface area contributed by atoms with E-state index in [1.165, 1.54) is 12.0 Å². The van der Waals surface area contributed by atoms with Crippen molar-refractivity contribution in [3.05, 3.63) is 35.9 Å². The van der Waals surface area contributed by atoms with Crippen LogP contribution in [0.15, 0.2) is 30.3 Å². The molecule has 0 unspecified atom stereocenters. The van der Waals surface area contributed by atoms with Crippen LogP contribution in [0.2, 0.25) is 0 Å². The summed E-state index contributed by atoms with van der Waals surface area (Å²) < 4.78 is 5.34. The predicted octanol–water partition coefficient (Wildman–Crippen LogP) is 2.11. The molecule has 2 nitrogen and oxygen atoms in total. The Balaban J connectivity index is 1.92. The van der Waals surface area contributed by atoms with Crippen molar-refractivity contribution in [1.29, 1.82) is 0 Å². The topological polar surface area (TPSA) is 35.2 Å². The van der Waals surface area contributed by atoms with Crippen LogP contribution in [0.5, 0.6) is 0 Å². The molecule has 14 heavy (non-hydrogen) atoms. The maximum absolute atomic E-state index is 6.12. The lowest BCUT2D eigenvalue weighted by atomic mass is 9.95. The Morgan fingerprint density at radius 2 is 2.14 bits per heavy atom. The minimum Gasteiger partial charge on any atom is -0.381 e. The van der Waals surface area contributed by atoms with Gasteiger partial charge in [-0.15, -0.1) is 0 Å². The fraction of sp³-hybridized carbons (Fsp3) is 0.500. The van der Waals surface area contributed by atoms with Crippen molar-refractivity contribution in [3.8, 4) is 0 Å². The third-order valence-electron chi connectivity index (χ3n) is 2.84. The summed E-state index contributed by atoms with van der Waals surface area (Å²) in [7, 11) is 0. The van der Waals surface area contributed by atoms with Gasteiger partial charge in [-0.3, -0.25) is 0 Å². The highest BCUT2D eigenvalue weighted by atomic mass is 16.5. The molecule has 0 radical (unpaired) electrons. The van der Waals surface area contributed by atoms with Gasteiger partial charge in [0, 0.05) is 19.3 Å². The summed E-state index contributed by atoms with van der Waals surface area (Å²) in [5.41, 5.74) is 7.35. The lowest BCUT2D eigenvalue weighted by Gasteiger charge is -2.15. The summed E-state index contributed by atoms with van der Waals surface area (Å²) in [5, 5.41) is 0. The molecule has 76 valence electrons. The van der Waals surface area contributed by atoms with Crippen molar-refractivity contribution in [3.63, 3.8) is 0 Å². The van der Waals surface area contributed by atoms with E-state index in [2.05, 4.69) is 12.1 Å². The Bertz CT molecular complexity index is 267.